The molecule has 0 radical (unpaired) electrons. The standard InChI is InChI=1S/C10H11ClN2O2/c1-14-8-3-6-5-12-10(11)13-7(6)4-9(8)15-2/h3-5,10,12H,1-2H3. The lowest BCUT2D eigenvalue weighted by Gasteiger charge is -2.11. The van der Waals surface area contributed by atoms with E-state index in [1.807, 2.05) is 12.3 Å². The van der Waals surface area contributed by atoms with Gasteiger partial charge in [0.15, 0.2) is 17.1 Å². The van der Waals surface area contributed by atoms with Crippen molar-refractivity contribution in [2.45, 2.75) is 5.62 Å². The molecule has 0 saturated carbocycles. The number of nitrogens with zero attached hydrogens (tertiary/aromatic N) is 1. The van der Waals surface area contributed by atoms with E-state index < -0.39 is 5.62 Å². The number of benzene rings is 1. The predicted octanol–water partition coefficient (Wildman–Crippen LogP) is 0.187. The monoisotopic (exact) mass is 226 g/mol. The molecule has 4 nitrogen and oxygen atoms in total. The fraction of sp³-hybridized carbons (Fsp3) is 0.300. The summed E-state index contributed by atoms with van der Waals surface area (Å²) in [6, 6.07) is 3.66. The highest BCUT2D eigenvalue weighted by Gasteiger charge is 2.08. The van der Waals surface area contributed by atoms with Crippen LogP contribution in [-0.4, -0.2) is 19.8 Å². The first-order valence-electron chi connectivity index (χ1n) is 4.45. The van der Waals surface area contributed by atoms with Crippen molar-refractivity contribution in [1.82, 2.24) is 5.32 Å². The Hall–Kier alpha value is -1.42. The lowest BCUT2D eigenvalue weighted by molar-refractivity contribution is 0.354. The van der Waals surface area contributed by atoms with Gasteiger partial charge in [-0.2, -0.15) is 0 Å². The minimum absolute atomic E-state index is 0.421. The fourth-order valence-corrected chi connectivity index (χ4v) is 1.60. The Bertz CT molecular complexity index is 487. The van der Waals surface area contributed by atoms with Gasteiger partial charge >= 0.3 is 0 Å². The second kappa shape index (κ2) is 3.98. The van der Waals surface area contributed by atoms with Crippen LogP contribution >= 0.6 is 11.6 Å². The van der Waals surface area contributed by atoms with E-state index in [0.717, 1.165) is 10.6 Å². The average Bonchev–Trinajstić information content (AvgIpc) is 2.27. The van der Waals surface area contributed by atoms with Gasteiger partial charge in [-0.1, -0.05) is 11.6 Å². The van der Waals surface area contributed by atoms with E-state index in [9.17, 15) is 0 Å². The van der Waals surface area contributed by atoms with Crippen molar-refractivity contribution >= 4 is 17.8 Å². The van der Waals surface area contributed by atoms with Gasteiger partial charge in [-0.3, -0.25) is 0 Å². The van der Waals surface area contributed by atoms with Gasteiger partial charge in [-0.15, -0.1) is 0 Å². The van der Waals surface area contributed by atoms with E-state index >= 15 is 0 Å². The highest BCUT2D eigenvalue weighted by atomic mass is 35.5. The average molecular weight is 227 g/mol. The van der Waals surface area contributed by atoms with Gasteiger partial charge in [-0.25, -0.2) is 4.99 Å². The molecule has 0 aliphatic carbocycles. The normalized spacial score (nSPS) is 17.9. The maximum Gasteiger partial charge on any atom is 0.195 e. The van der Waals surface area contributed by atoms with Crippen LogP contribution in [0.15, 0.2) is 17.1 Å². The zero-order valence-corrected chi connectivity index (χ0v) is 9.21. The first-order chi connectivity index (χ1) is 7.24. The van der Waals surface area contributed by atoms with E-state index in [1.54, 1.807) is 20.3 Å². The molecular formula is C10H11ClN2O2. The molecule has 1 aliphatic heterocycles. The number of ether oxygens (including phenoxy) is 2. The molecule has 2 rings (SSSR count). The van der Waals surface area contributed by atoms with Gasteiger partial charge < -0.3 is 14.8 Å². The van der Waals surface area contributed by atoms with E-state index in [2.05, 4.69) is 10.3 Å². The highest BCUT2D eigenvalue weighted by Crippen LogP contribution is 2.22. The third kappa shape index (κ3) is 1.85. The quantitative estimate of drug-likeness (QED) is 0.578. The zero-order valence-electron chi connectivity index (χ0n) is 8.45. The first-order valence-corrected chi connectivity index (χ1v) is 4.88. The molecule has 1 aliphatic rings. The summed E-state index contributed by atoms with van der Waals surface area (Å²) in [5.74, 6) is 1.33. The predicted molar refractivity (Wildman–Crippen MR) is 57.6 cm³/mol. The van der Waals surface area contributed by atoms with Gasteiger partial charge in [0.2, 0.25) is 0 Å². The summed E-state index contributed by atoms with van der Waals surface area (Å²) in [5, 5.41) is 4.64. The number of rotatable bonds is 2. The summed E-state index contributed by atoms with van der Waals surface area (Å²) < 4.78 is 10.4. The summed E-state index contributed by atoms with van der Waals surface area (Å²) in [7, 11) is 3.19. The molecule has 0 fully saturated rings. The van der Waals surface area contributed by atoms with Gasteiger partial charge in [0, 0.05) is 17.5 Å². The number of hydrogen-bond acceptors (Lipinski definition) is 4. The van der Waals surface area contributed by atoms with E-state index in [1.165, 1.54) is 0 Å². The van der Waals surface area contributed by atoms with Crippen LogP contribution in [0.4, 0.5) is 0 Å². The minimum atomic E-state index is -0.421. The van der Waals surface area contributed by atoms with Gasteiger partial charge in [0.05, 0.1) is 19.6 Å². The van der Waals surface area contributed by atoms with Crippen LogP contribution in [0.5, 0.6) is 11.5 Å². The Kier molecular flexibility index (Phi) is 2.68. The smallest absolute Gasteiger partial charge is 0.195 e. The number of alkyl halides is 1. The van der Waals surface area contributed by atoms with Gasteiger partial charge in [0.25, 0.3) is 0 Å². The lowest BCUT2D eigenvalue weighted by atomic mass is 10.2. The molecule has 1 aromatic rings. The number of hydrogen-bond donors (Lipinski definition) is 1. The second-order valence-electron chi connectivity index (χ2n) is 3.04. The molecule has 0 amide bonds. The second-order valence-corrected chi connectivity index (χ2v) is 3.46. The van der Waals surface area contributed by atoms with Crippen molar-refractivity contribution in [3.05, 3.63) is 22.7 Å². The van der Waals surface area contributed by atoms with E-state index in [-0.39, 0.29) is 0 Å². The first kappa shape index (κ1) is 10.1. The minimum Gasteiger partial charge on any atom is -0.493 e. The van der Waals surface area contributed by atoms with Crippen molar-refractivity contribution in [1.29, 1.82) is 0 Å². The zero-order chi connectivity index (χ0) is 10.8. The SMILES string of the molecule is COc1cc2c(cc1OC)=NC(Cl)NC=2. The summed E-state index contributed by atoms with van der Waals surface area (Å²) in [5.41, 5.74) is -0.421. The maximum absolute atomic E-state index is 5.83. The lowest BCUT2D eigenvalue weighted by Crippen LogP contribution is -2.36. The van der Waals surface area contributed by atoms with Crippen molar-refractivity contribution in [2.24, 2.45) is 4.99 Å². The summed E-state index contributed by atoms with van der Waals surface area (Å²) in [6.07, 6.45) is 1.81. The number of fused-ring (bicyclic) bond motifs is 1. The molecule has 0 bridgehead atoms. The van der Waals surface area contributed by atoms with Crippen LogP contribution in [0.3, 0.4) is 0 Å². The molecule has 1 unspecified atom stereocenters. The molecule has 0 aromatic heterocycles. The molecule has 1 heterocycles. The fourth-order valence-electron chi connectivity index (χ4n) is 1.43. The van der Waals surface area contributed by atoms with Crippen molar-refractivity contribution in [2.75, 3.05) is 14.2 Å². The Balaban J connectivity index is 2.65. The van der Waals surface area contributed by atoms with Crippen LogP contribution in [-0.2, 0) is 0 Å². The Morgan fingerprint density at radius 3 is 2.60 bits per heavy atom. The molecule has 15 heavy (non-hydrogen) atoms. The summed E-state index contributed by atoms with van der Waals surface area (Å²) >= 11 is 5.83. The third-order valence-corrected chi connectivity index (χ3v) is 2.39. The van der Waals surface area contributed by atoms with Crippen molar-refractivity contribution < 1.29 is 9.47 Å². The molecule has 1 atom stereocenters. The van der Waals surface area contributed by atoms with Crippen LogP contribution in [0, 0.1) is 0 Å². The number of nitrogens with one attached hydrogen (secondary N) is 1. The topological polar surface area (TPSA) is 42.9 Å². The summed E-state index contributed by atoms with van der Waals surface area (Å²) in [4.78, 5) is 4.22. The third-order valence-electron chi connectivity index (χ3n) is 2.16. The maximum atomic E-state index is 5.83. The van der Waals surface area contributed by atoms with Crippen LogP contribution < -0.4 is 25.4 Å². The van der Waals surface area contributed by atoms with Crippen molar-refractivity contribution in [3.63, 3.8) is 0 Å². The molecule has 0 spiro atoms. The summed E-state index contributed by atoms with van der Waals surface area (Å²) in [6.45, 7) is 0. The van der Waals surface area contributed by atoms with Gasteiger partial charge in [-0.05, 0) is 6.07 Å². The van der Waals surface area contributed by atoms with Gasteiger partial charge in [0.1, 0.15) is 0 Å². The number of methoxy groups -OCH3 is 2. The molecule has 1 N–H and O–H groups in total. The molecule has 0 saturated heterocycles. The largest absolute Gasteiger partial charge is 0.493 e. The molecule has 80 valence electrons. The van der Waals surface area contributed by atoms with Crippen LogP contribution in [0.1, 0.15) is 0 Å². The Morgan fingerprint density at radius 2 is 1.93 bits per heavy atom. The molecule has 1 aromatic carbocycles. The van der Waals surface area contributed by atoms with Crippen molar-refractivity contribution in [3.8, 4) is 11.5 Å². The molecular weight excluding hydrogens is 216 g/mol. The Morgan fingerprint density at radius 1 is 1.27 bits per heavy atom. The number of halogens is 1. The van der Waals surface area contributed by atoms with E-state index in [0.29, 0.717) is 11.5 Å². The van der Waals surface area contributed by atoms with Crippen LogP contribution in [0.2, 0.25) is 0 Å². The Labute approximate surface area is 92.2 Å². The van der Waals surface area contributed by atoms with E-state index in [4.69, 9.17) is 21.1 Å². The van der Waals surface area contributed by atoms with Crippen LogP contribution in [0.25, 0.3) is 6.20 Å². The molecule has 5 heteroatoms. The highest BCUT2D eigenvalue weighted by molar-refractivity contribution is 6.20.